The molecule has 0 fully saturated rings. The van der Waals surface area contributed by atoms with Gasteiger partial charge in [0.15, 0.2) is 0 Å². The van der Waals surface area contributed by atoms with Gasteiger partial charge in [0.2, 0.25) is 0 Å². The van der Waals surface area contributed by atoms with Crippen LogP contribution in [0.25, 0.3) is 0 Å². The van der Waals surface area contributed by atoms with Gasteiger partial charge >= 0.3 is 5.97 Å². The Morgan fingerprint density at radius 3 is 2.42 bits per heavy atom. The van der Waals surface area contributed by atoms with Gasteiger partial charge in [-0.15, -0.1) is 0 Å². The Hall–Kier alpha value is -0.610. The van der Waals surface area contributed by atoms with E-state index in [4.69, 9.17) is 0 Å². The van der Waals surface area contributed by atoms with Crippen LogP contribution in [0.4, 0.5) is 0 Å². The molecule has 114 valence electrons. The molecule has 0 saturated heterocycles. The monoisotopic (exact) mass is 272 g/mol. The molecule has 0 heterocycles. The Morgan fingerprint density at radius 1 is 1.37 bits per heavy atom. The maximum absolute atomic E-state index is 11.5. The van der Waals surface area contributed by atoms with Crippen molar-refractivity contribution < 1.29 is 9.90 Å². The molecule has 4 heteroatoms. The average molecular weight is 272 g/mol. The first-order valence-corrected chi connectivity index (χ1v) is 7.62. The number of aliphatic carboxylic acids is 1. The predicted octanol–water partition coefficient (Wildman–Crippen LogP) is 2.73. The molecule has 0 aromatic rings. The summed E-state index contributed by atoms with van der Waals surface area (Å²) in [5, 5.41) is 12.6. The van der Waals surface area contributed by atoms with Gasteiger partial charge < -0.3 is 15.3 Å². The van der Waals surface area contributed by atoms with Gasteiger partial charge in [0.25, 0.3) is 0 Å². The topological polar surface area (TPSA) is 52.6 Å². The fourth-order valence-corrected chi connectivity index (χ4v) is 2.55. The summed E-state index contributed by atoms with van der Waals surface area (Å²) in [6.07, 6.45) is 4.62. The standard InChI is InChI=1S/C15H32N2O2/c1-6-10-13(4)17(5)12-9-11-15(7-2,14(18)19)16-8-3/h13,16H,6-12H2,1-5H3,(H,18,19). The molecule has 2 atom stereocenters. The first-order chi connectivity index (χ1) is 8.93. The number of hydrogen-bond donors (Lipinski definition) is 2. The molecule has 0 aliphatic carbocycles. The van der Waals surface area contributed by atoms with Gasteiger partial charge in [-0.1, -0.05) is 27.2 Å². The summed E-state index contributed by atoms with van der Waals surface area (Å²) < 4.78 is 0. The van der Waals surface area contributed by atoms with E-state index in [2.05, 4.69) is 31.1 Å². The highest BCUT2D eigenvalue weighted by Crippen LogP contribution is 2.19. The van der Waals surface area contributed by atoms with Crippen molar-refractivity contribution in [3.05, 3.63) is 0 Å². The van der Waals surface area contributed by atoms with Crippen LogP contribution in [-0.2, 0) is 4.79 Å². The zero-order chi connectivity index (χ0) is 14.9. The number of carboxylic acid groups (broad SMARTS) is 1. The molecule has 2 unspecified atom stereocenters. The lowest BCUT2D eigenvalue weighted by molar-refractivity contribution is -0.145. The lowest BCUT2D eigenvalue weighted by Gasteiger charge is -2.31. The van der Waals surface area contributed by atoms with Crippen molar-refractivity contribution >= 4 is 5.97 Å². The van der Waals surface area contributed by atoms with Crippen molar-refractivity contribution in [3.63, 3.8) is 0 Å². The molecule has 0 rings (SSSR count). The lowest BCUT2D eigenvalue weighted by atomic mass is 9.90. The molecule has 0 bridgehead atoms. The van der Waals surface area contributed by atoms with Crippen molar-refractivity contribution in [2.45, 2.75) is 71.4 Å². The number of likely N-dealkylation sites (N-methyl/N-ethyl adjacent to an activating group) is 1. The van der Waals surface area contributed by atoms with E-state index in [1.54, 1.807) is 0 Å². The smallest absolute Gasteiger partial charge is 0.323 e. The molecule has 0 aromatic carbocycles. The minimum absolute atomic E-state index is 0.574. The number of hydrogen-bond acceptors (Lipinski definition) is 3. The van der Waals surface area contributed by atoms with E-state index in [9.17, 15) is 9.90 Å². The fraction of sp³-hybridized carbons (Fsp3) is 0.933. The molecule has 0 radical (unpaired) electrons. The van der Waals surface area contributed by atoms with Crippen molar-refractivity contribution in [1.82, 2.24) is 10.2 Å². The maximum atomic E-state index is 11.5. The van der Waals surface area contributed by atoms with Crippen LogP contribution < -0.4 is 5.32 Å². The van der Waals surface area contributed by atoms with Crippen molar-refractivity contribution in [2.75, 3.05) is 20.1 Å². The Balaban J connectivity index is 4.30. The number of carbonyl (C=O) groups is 1. The van der Waals surface area contributed by atoms with Gasteiger partial charge in [-0.2, -0.15) is 0 Å². The molecule has 0 saturated carbocycles. The van der Waals surface area contributed by atoms with Gasteiger partial charge in [0.05, 0.1) is 0 Å². The van der Waals surface area contributed by atoms with Crippen LogP contribution in [0.2, 0.25) is 0 Å². The first kappa shape index (κ1) is 18.4. The van der Waals surface area contributed by atoms with Crippen molar-refractivity contribution in [1.29, 1.82) is 0 Å². The second-order valence-corrected chi connectivity index (χ2v) is 5.49. The highest BCUT2D eigenvalue weighted by molar-refractivity contribution is 5.78. The molecular weight excluding hydrogens is 240 g/mol. The summed E-state index contributed by atoms with van der Waals surface area (Å²) >= 11 is 0. The summed E-state index contributed by atoms with van der Waals surface area (Å²) in [5.74, 6) is -0.721. The van der Waals surface area contributed by atoms with Crippen LogP contribution in [0, 0.1) is 0 Å². The summed E-state index contributed by atoms with van der Waals surface area (Å²) in [4.78, 5) is 13.8. The molecular formula is C15H32N2O2. The molecule has 19 heavy (non-hydrogen) atoms. The second-order valence-electron chi connectivity index (χ2n) is 5.49. The zero-order valence-electron chi connectivity index (χ0n) is 13.3. The van der Waals surface area contributed by atoms with Gasteiger partial charge in [-0.3, -0.25) is 4.79 Å². The largest absolute Gasteiger partial charge is 0.480 e. The molecule has 4 nitrogen and oxygen atoms in total. The summed E-state index contributed by atoms with van der Waals surface area (Å²) in [6, 6.07) is 0.574. The third-order valence-corrected chi connectivity index (χ3v) is 4.10. The van der Waals surface area contributed by atoms with E-state index < -0.39 is 11.5 Å². The van der Waals surface area contributed by atoms with E-state index in [1.165, 1.54) is 12.8 Å². The highest BCUT2D eigenvalue weighted by Gasteiger charge is 2.35. The lowest BCUT2D eigenvalue weighted by Crippen LogP contribution is -2.52. The maximum Gasteiger partial charge on any atom is 0.323 e. The van der Waals surface area contributed by atoms with Gasteiger partial charge in [0.1, 0.15) is 5.54 Å². The number of nitrogens with one attached hydrogen (secondary N) is 1. The van der Waals surface area contributed by atoms with E-state index in [0.29, 0.717) is 25.4 Å². The van der Waals surface area contributed by atoms with Crippen LogP contribution in [0.3, 0.4) is 0 Å². The number of carboxylic acids is 1. The average Bonchev–Trinajstić information content (AvgIpc) is 2.37. The summed E-state index contributed by atoms with van der Waals surface area (Å²) in [5.41, 5.74) is -0.746. The molecule has 0 aromatic heterocycles. The van der Waals surface area contributed by atoms with E-state index in [-0.39, 0.29) is 0 Å². The van der Waals surface area contributed by atoms with E-state index >= 15 is 0 Å². The van der Waals surface area contributed by atoms with Crippen LogP contribution in [0.5, 0.6) is 0 Å². The Morgan fingerprint density at radius 2 is 2.00 bits per heavy atom. The Bertz CT molecular complexity index is 259. The van der Waals surface area contributed by atoms with E-state index in [1.807, 2.05) is 13.8 Å². The van der Waals surface area contributed by atoms with Crippen molar-refractivity contribution in [2.24, 2.45) is 0 Å². The third kappa shape index (κ3) is 5.91. The summed E-state index contributed by atoms with van der Waals surface area (Å²) in [6.45, 7) is 9.99. The SMILES string of the molecule is CCCC(C)N(C)CCCC(CC)(NCC)C(=O)O. The molecule has 0 amide bonds. The highest BCUT2D eigenvalue weighted by atomic mass is 16.4. The van der Waals surface area contributed by atoms with Crippen LogP contribution in [0.1, 0.15) is 59.8 Å². The minimum Gasteiger partial charge on any atom is -0.480 e. The van der Waals surface area contributed by atoms with E-state index in [0.717, 1.165) is 13.0 Å². The zero-order valence-corrected chi connectivity index (χ0v) is 13.3. The van der Waals surface area contributed by atoms with Gasteiger partial charge in [0, 0.05) is 6.04 Å². The van der Waals surface area contributed by atoms with Gasteiger partial charge in [-0.05, 0) is 52.7 Å². The predicted molar refractivity (Wildman–Crippen MR) is 80.6 cm³/mol. The normalized spacial score (nSPS) is 16.3. The van der Waals surface area contributed by atoms with Crippen LogP contribution >= 0.6 is 0 Å². The Kier molecular flexibility index (Phi) is 9.02. The first-order valence-electron chi connectivity index (χ1n) is 7.62. The van der Waals surface area contributed by atoms with Crippen LogP contribution in [-0.4, -0.2) is 47.7 Å². The molecule has 0 aliphatic rings. The quantitative estimate of drug-likeness (QED) is 0.607. The van der Waals surface area contributed by atoms with Crippen LogP contribution in [0.15, 0.2) is 0 Å². The fourth-order valence-electron chi connectivity index (χ4n) is 2.55. The van der Waals surface area contributed by atoms with Gasteiger partial charge in [-0.25, -0.2) is 0 Å². The minimum atomic E-state index is -0.746. The van der Waals surface area contributed by atoms with Crippen molar-refractivity contribution in [3.8, 4) is 0 Å². The number of nitrogens with zero attached hydrogens (tertiary/aromatic N) is 1. The second kappa shape index (κ2) is 9.32. The molecule has 0 aliphatic heterocycles. The Labute approximate surface area is 118 Å². The third-order valence-electron chi connectivity index (χ3n) is 4.10. The number of rotatable bonds is 11. The molecule has 0 spiro atoms. The summed E-state index contributed by atoms with van der Waals surface area (Å²) in [7, 11) is 2.13. The molecule has 2 N–H and O–H groups in total.